The molecule has 0 saturated carbocycles. The summed E-state index contributed by atoms with van der Waals surface area (Å²) in [4.78, 5) is 15.9. The number of aryl methyl sites for hydroxylation is 1. The fourth-order valence-corrected chi connectivity index (χ4v) is 4.77. The Balaban J connectivity index is 1.62. The van der Waals surface area contributed by atoms with Crippen molar-refractivity contribution in [3.8, 4) is 0 Å². The molecule has 154 valence electrons. The zero-order valence-electron chi connectivity index (χ0n) is 16.5. The van der Waals surface area contributed by atoms with Gasteiger partial charge in [0.2, 0.25) is 15.9 Å². The molecule has 1 aromatic heterocycles. The molecule has 0 spiro atoms. The highest BCUT2D eigenvalue weighted by molar-refractivity contribution is 7.88. The van der Waals surface area contributed by atoms with Crippen LogP contribution in [-0.2, 0) is 26.0 Å². The zero-order valence-corrected chi connectivity index (χ0v) is 17.3. The minimum absolute atomic E-state index is 0.00538. The molecule has 28 heavy (non-hydrogen) atoms. The van der Waals surface area contributed by atoms with Crippen LogP contribution < -0.4 is 5.32 Å². The van der Waals surface area contributed by atoms with Crippen molar-refractivity contribution in [1.82, 2.24) is 14.6 Å². The smallest absolute Gasteiger partial charge is 0.220 e. The minimum atomic E-state index is -3.20. The van der Waals surface area contributed by atoms with E-state index in [-0.39, 0.29) is 5.91 Å². The Morgan fingerprint density at radius 3 is 2.68 bits per heavy atom. The zero-order chi connectivity index (χ0) is 20.2. The fourth-order valence-electron chi connectivity index (χ4n) is 3.93. The molecule has 0 unspecified atom stereocenters. The van der Waals surface area contributed by atoms with Gasteiger partial charge in [0.15, 0.2) is 0 Å². The van der Waals surface area contributed by atoms with Gasteiger partial charge >= 0.3 is 0 Å². The van der Waals surface area contributed by atoms with E-state index in [1.165, 1.54) is 10.6 Å². The van der Waals surface area contributed by atoms with Crippen molar-refractivity contribution in [2.75, 3.05) is 33.1 Å². The quantitative estimate of drug-likeness (QED) is 0.701. The number of methoxy groups -OCH3 is 1. The molecule has 0 bridgehead atoms. The van der Waals surface area contributed by atoms with Crippen molar-refractivity contribution in [3.63, 3.8) is 0 Å². The van der Waals surface area contributed by atoms with E-state index in [2.05, 4.69) is 16.4 Å². The van der Waals surface area contributed by atoms with Crippen molar-refractivity contribution in [1.29, 1.82) is 0 Å². The Morgan fingerprint density at radius 1 is 1.29 bits per heavy atom. The summed E-state index contributed by atoms with van der Waals surface area (Å²) in [5.74, 6) is -0.00538. The summed E-state index contributed by atoms with van der Waals surface area (Å²) in [5.41, 5.74) is 1.79. The highest BCUT2D eigenvalue weighted by atomic mass is 32.2. The Kier molecular flexibility index (Phi) is 6.42. The number of benzene rings is 1. The molecule has 0 radical (unpaired) electrons. The van der Waals surface area contributed by atoms with Gasteiger partial charge in [0.05, 0.1) is 6.26 Å². The average Bonchev–Trinajstić information content (AvgIpc) is 3.08. The maximum Gasteiger partial charge on any atom is 0.220 e. The van der Waals surface area contributed by atoms with Crippen molar-refractivity contribution in [3.05, 3.63) is 36.0 Å². The summed E-state index contributed by atoms with van der Waals surface area (Å²) in [6, 6.07) is 8.06. The molecule has 2 heterocycles. The second kappa shape index (κ2) is 8.63. The molecule has 1 aliphatic rings. The lowest BCUT2D eigenvalue weighted by molar-refractivity contribution is -0.123. The molecule has 1 aromatic carbocycles. The highest BCUT2D eigenvalue weighted by Gasteiger charge is 2.37. The molecule has 1 fully saturated rings. The lowest BCUT2D eigenvalue weighted by atomic mass is 9.85. The molecule has 2 aromatic rings. The van der Waals surface area contributed by atoms with Gasteiger partial charge in [0, 0.05) is 55.9 Å². The second-order valence-electron chi connectivity index (χ2n) is 7.59. The van der Waals surface area contributed by atoms with Crippen LogP contribution in [0.3, 0.4) is 0 Å². The van der Waals surface area contributed by atoms with Crippen LogP contribution in [0.5, 0.6) is 0 Å². The predicted molar refractivity (Wildman–Crippen MR) is 110 cm³/mol. The Morgan fingerprint density at radius 2 is 2.00 bits per heavy atom. The summed E-state index contributed by atoms with van der Waals surface area (Å²) >= 11 is 0. The molecular weight excluding hydrogens is 378 g/mol. The summed E-state index contributed by atoms with van der Waals surface area (Å²) in [7, 11) is -1.56. The number of sulfonamides is 1. The first-order valence-electron chi connectivity index (χ1n) is 9.63. The number of hydrogen-bond donors (Lipinski definition) is 2. The first-order chi connectivity index (χ1) is 13.3. The maximum atomic E-state index is 12.7. The third-order valence-corrected chi connectivity index (χ3v) is 6.94. The lowest BCUT2D eigenvalue weighted by Gasteiger charge is -2.41. The summed E-state index contributed by atoms with van der Waals surface area (Å²) in [6.45, 7) is 1.37. The predicted octanol–water partition coefficient (Wildman–Crippen LogP) is 2.05. The molecule has 1 aliphatic heterocycles. The largest absolute Gasteiger partial charge is 0.385 e. The van der Waals surface area contributed by atoms with E-state index in [9.17, 15) is 13.2 Å². The molecule has 8 heteroatoms. The number of fused-ring (bicyclic) bond motifs is 1. The number of aromatic nitrogens is 1. The average molecular weight is 408 g/mol. The van der Waals surface area contributed by atoms with Crippen molar-refractivity contribution >= 4 is 26.8 Å². The molecule has 0 atom stereocenters. The molecule has 7 nitrogen and oxygen atoms in total. The molecule has 3 rings (SSSR count). The maximum absolute atomic E-state index is 12.7. The summed E-state index contributed by atoms with van der Waals surface area (Å²) in [5, 5.41) is 4.34. The summed E-state index contributed by atoms with van der Waals surface area (Å²) < 4.78 is 30.3. The highest BCUT2D eigenvalue weighted by Crippen LogP contribution is 2.28. The molecular formula is C20H29N3O4S. The van der Waals surface area contributed by atoms with E-state index in [1.54, 1.807) is 7.11 Å². The Hall–Kier alpha value is -1.90. The van der Waals surface area contributed by atoms with Crippen LogP contribution in [0.4, 0.5) is 0 Å². The number of nitrogens with zero attached hydrogens (tertiary/aromatic N) is 1. The Labute approximate surface area is 166 Å². The monoisotopic (exact) mass is 407 g/mol. The number of carbonyl (C=O) groups excluding carboxylic acids is 1. The molecule has 1 saturated heterocycles. The third kappa shape index (κ3) is 4.92. The topological polar surface area (TPSA) is 91.5 Å². The van der Waals surface area contributed by atoms with Gasteiger partial charge in [-0.2, -0.15) is 0 Å². The van der Waals surface area contributed by atoms with E-state index in [0.29, 0.717) is 51.8 Å². The summed E-state index contributed by atoms with van der Waals surface area (Å²) in [6.07, 6.45) is 6.13. The molecule has 0 aliphatic carbocycles. The van der Waals surface area contributed by atoms with E-state index in [1.807, 2.05) is 24.4 Å². The van der Waals surface area contributed by atoms with Gasteiger partial charge in [-0.3, -0.25) is 4.79 Å². The standard InChI is InChI=1S/C20H29N3O4S/c1-27-14-11-20(9-12-23(13-10-20)28(2,25)26)22-19(24)8-7-16-15-21-18-6-4-3-5-17(16)18/h3-6,15,21H,7-14H2,1-2H3,(H,22,24). The van der Waals surface area contributed by atoms with Gasteiger partial charge in [-0.1, -0.05) is 18.2 Å². The molecule has 1 amide bonds. The first-order valence-corrected chi connectivity index (χ1v) is 11.5. The van der Waals surface area contributed by atoms with Crippen LogP contribution in [-0.4, -0.2) is 62.2 Å². The van der Waals surface area contributed by atoms with Crippen molar-refractivity contribution < 1.29 is 17.9 Å². The number of H-pyrrole nitrogens is 1. The van der Waals surface area contributed by atoms with Crippen LogP contribution in [0.15, 0.2) is 30.5 Å². The van der Waals surface area contributed by atoms with E-state index < -0.39 is 15.6 Å². The number of aromatic amines is 1. The number of nitrogens with one attached hydrogen (secondary N) is 2. The molecule has 2 N–H and O–H groups in total. The minimum Gasteiger partial charge on any atom is -0.385 e. The van der Waals surface area contributed by atoms with Gasteiger partial charge in [-0.15, -0.1) is 0 Å². The van der Waals surface area contributed by atoms with Crippen LogP contribution in [0, 0.1) is 0 Å². The Bertz CT molecular complexity index is 914. The van der Waals surface area contributed by atoms with Crippen LogP contribution in [0.1, 0.15) is 31.2 Å². The SMILES string of the molecule is COCCC1(NC(=O)CCc2c[nH]c3ccccc23)CCN(S(C)(=O)=O)CC1. The van der Waals surface area contributed by atoms with E-state index in [0.717, 1.165) is 16.5 Å². The fraction of sp³-hybridized carbons (Fsp3) is 0.550. The van der Waals surface area contributed by atoms with Crippen molar-refractivity contribution in [2.24, 2.45) is 0 Å². The van der Waals surface area contributed by atoms with Crippen LogP contribution >= 0.6 is 0 Å². The van der Waals surface area contributed by atoms with Gasteiger partial charge in [0.1, 0.15) is 0 Å². The van der Waals surface area contributed by atoms with E-state index in [4.69, 9.17) is 4.74 Å². The van der Waals surface area contributed by atoms with Crippen molar-refractivity contribution in [2.45, 2.75) is 37.6 Å². The third-order valence-electron chi connectivity index (χ3n) is 5.63. The number of hydrogen-bond acceptors (Lipinski definition) is 4. The lowest BCUT2D eigenvalue weighted by Crippen LogP contribution is -2.56. The number of piperidine rings is 1. The number of rotatable bonds is 8. The van der Waals surface area contributed by atoms with Crippen LogP contribution in [0.2, 0.25) is 0 Å². The number of carbonyl (C=O) groups is 1. The van der Waals surface area contributed by atoms with Crippen LogP contribution in [0.25, 0.3) is 10.9 Å². The number of para-hydroxylation sites is 1. The number of amides is 1. The van der Waals surface area contributed by atoms with Gasteiger partial charge < -0.3 is 15.0 Å². The number of ether oxygens (including phenoxy) is 1. The first kappa shape index (κ1) is 20.8. The second-order valence-corrected chi connectivity index (χ2v) is 9.58. The van der Waals surface area contributed by atoms with Gasteiger partial charge in [0.25, 0.3) is 0 Å². The van der Waals surface area contributed by atoms with Gasteiger partial charge in [-0.05, 0) is 37.3 Å². The van der Waals surface area contributed by atoms with E-state index >= 15 is 0 Å². The normalized spacial score (nSPS) is 17.6. The van der Waals surface area contributed by atoms with Gasteiger partial charge in [-0.25, -0.2) is 12.7 Å².